The molecule has 3 rings (SSSR count). The fraction of sp³-hybridized carbons (Fsp3) is 0.0714. The maximum absolute atomic E-state index is 4.61. The van der Waals surface area contributed by atoms with Gasteiger partial charge in [-0.15, -0.1) is 24.4 Å². The number of H-pyrrole nitrogens is 1. The maximum Gasteiger partial charge on any atom is 0.139 e. The highest BCUT2D eigenvalue weighted by molar-refractivity contribution is 7.98. The minimum absolute atomic E-state index is 0.869. The van der Waals surface area contributed by atoms with Crippen molar-refractivity contribution in [2.24, 2.45) is 0 Å². The zero-order valence-electron chi connectivity index (χ0n) is 9.84. The van der Waals surface area contributed by atoms with Crippen molar-refractivity contribution in [1.29, 1.82) is 0 Å². The lowest BCUT2D eigenvalue weighted by Crippen LogP contribution is -1.81. The number of hydrogen-bond donors (Lipinski definition) is 2. The Morgan fingerprint density at radius 1 is 1.17 bits per heavy atom. The number of benzene rings is 2. The van der Waals surface area contributed by atoms with Gasteiger partial charge in [0.1, 0.15) is 5.82 Å². The van der Waals surface area contributed by atoms with Gasteiger partial charge >= 0.3 is 0 Å². The lowest BCUT2D eigenvalue weighted by Gasteiger charge is -1.99. The Bertz CT molecular complexity index is 704. The quantitative estimate of drug-likeness (QED) is 0.539. The van der Waals surface area contributed by atoms with Gasteiger partial charge < -0.3 is 4.98 Å². The molecule has 1 aromatic heterocycles. The number of nitrogens with zero attached hydrogens (tertiary/aromatic N) is 1. The van der Waals surface area contributed by atoms with Gasteiger partial charge in [0.15, 0.2) is 0 Å². The summed E-state index contributed by atoms with van der Waals surface area (Å²) in [5, 5.41) is 0. The van der Waals surface area contributed by atoms with Gasteiger partial charge in [-0.3, -0.25) is 0 Å². The number of rotatable bonds is 2. The van der Waals surface area contributed by atoms with E-state index < -0.39 is 0 Å². The Labute approximate surface area is 115 Å². The first-order valence-electron chi connectivity index (χ1n) is 5.60. The van der Waals surface area contributed by atoms with E-state index in [1.54, 1.807) is 11.8 Å². The smallest absolute Gasteiger partial charge is 0.139 e. The van der Waals surface area contributed by atoms with Crippen LogP contribution in [0.3, 0.4) is 0 Å². The van der Waals surface area contributed by atoms with Crippen molar-refractivity contribution in [2.75, 3.05) is 6.26 Å². The van der Waals surface area contributed by atoms with E-state index in [1.807, 2.05) is 30.3 Å². The molecule has 2 nitrogen and oxygen atoms in total. The summed E-state index contributed by atoms with van der Waals surface area (Å²) >= 11 is 6.19. The number of hydrogen-bond acceptors (Lipinski definition) is 3. The van der Waals surface area contributed by atoms with Crippen LogP contribution in [0.25, 0.3) is 22.4 Å². The highest BCUT2D eigenvalue weighted by Crippen LogP contribution is 2.27. The second kappa shape index (κ2) is 4.71. The molecule has 0 spiro atoms. The van der Waals surface area contributed by atoms with Crippen LogP contribution in [0.15, 0.2) is 52.3 Å². The molecule has 1 N–H and O–H groups in total. The first kappa shape index (κ1) is 11.7. The average molecular weight is 272 g/mol. The summed E-state index contributed by atoms with van der Waals surface area (Å²) < 4.78 is 0. The van der Waals surface area contributed by atoms with Gasteiger partial charge in [0.05, 0.1) is 11.0 Å². The van der Waals surface area contributed by atoms with Crippen molar-refractivity contribution < 1.29 is 0 Å². The number of aromatic amines is 1. The van der Waals surface area contributed by atoms with Gasteiger partial charge in [-0.05, 0) is 30.5 Å². The Hall–Kier alpha value is -1.39. The number of nitrogens with one attached hydrogen (secondary N) is 1. The van der Waals surface area contributed by atoms with E-state index >= 15 is 0 Å². The second-order valence-electron chi connectivity index (χ2n) is 3.99. The van der Waals surface area contributed by atoms with Crippen LogP contribution in [-0.4, -0.2) is 16.2 Å². The number of thioether (sulfide) groups is 1. The summed E-state index contributed by atoms with van der Waals surface area (Å²) in [4.78, 5) is 10.1. The molecule has 4 heteroatoms. The maximum atomic E-state index is 4.61. The van der Waals surface area contributed by atoms with Crippen molar-refractivity contribution in [2.45, 2.75) is 9.79 Å². The highest BCUT2D eigenvalue weighted by atomic mass is 32.2. The Morgan fingerprint density at radius 3 is 2.78 bits per heavy atom. The van der Waals surface area contributed by atoms with Crippen LogP contribution in [0, 0.1) is 0 Å². The molecule has 0 aliphatic rings. The molecule has 0 aliphatic carbocycles. The van der Waals surface area contributed by atoms with Crippen LogP contribution >= 0.6 is 24.4 Å². The molecule has 90 valence electrons. The van der Waals surface area contributed by atoms with Crippen LogP contribution in [-0.2, 0) is 0 Å². The molecule has 0 amide bonds. The van der Waals surface area contributed by atoms with Crippen molar-refractivity contribution in [3.63, 3.8) is 0 Å². The van der Waals surface area contributed by atoms with E-state index in [4.69, 9.17) is 0 Å². The van der Waals surface area contributed by atoms with E-state index in [9.17, 15) is 0 Å². The van der Waals surface area contributed by atoms with Crippen LogP contribution in [0.5, 0.6) is 0 Å². The van der Waals surface area contributed by atoms with Crippen molar-refractivity contribution in [1.82, 2.24) is 9.97 Å². The Morgan fingerprint density at radius 2 is 2.00 bits per heavy atom. The fourth-order valence-corrected chi connectivity index (χ4v) is 2.62. The molecule has 2 aromatic carbocycles. The van der Waals surface area contributed by atoms with E-state index in [-0.39, 0.29) is 0 Å². The van der Waals surface area contributed by atoms with Crippen LogP contribution in [0.1, 0.15) is 0 Å². The number of fused-ring (bicyclic) bond motifs is 1. The molecular formula is C14H12N2S2. The number of imidazole rings is 1. The lowest BCUT2D eigenvalue weighted by atomic mass is 10.2. The minimum Gasteiger partial charge on any atom is -0.338 e. The summed E-state index contributed by atoms with van der Waals surface area (Å²) in [5.74, 6) is 0.869. The molecule has 0 unspecified atom stereocenters. The molecular weight excluding hydrogens is 260 g/mol. The third-order valence-electron chi connectivity index (χ3n) is 2.85. The van der Waals surface area contributed by atoms with Crippen molar-refractivity contribution in [3.05, 3.63) is 42.5 Å². The third kappa shape index (κ3) is 2.02. The standard InChI is InChI=1S/C14H12N2S2/c1-18-9-6-7-11-12(8-9)16-14(15-11)10-4-2-3-5-13(10)17/h2-8,17H,1H3,(H,15,16). The average Bonchev–Trinajstić information content (AvgIpc) is 2.81. The van der Waals surface area contributed by atoms with Gasteiger partial charge in [0.25, 0.3) is 0 Å². The number of aromatic nitrogens is 2. The molecule has 0 saturated carbocycles. The van der Waals surface area contributed by atoms with Crippen molar-refractivity contribution >= 4 is 35.4 Å². The van der Waals surface area contributed by atoms with Crippen LogP contribution < -0.4 is 0 Å². The monoisotopic (exact) mass is 272 g/mol. The predicted molar refractivity (Wildman–Crippen MR) is 80.6 cm³/mol. The largest absolute Gasteiger partial charge is 0.338 e. The molecule has 0 bridgehead atoms. The van der Waals surface area contributed by atoms with Crippen LogP contribution in [0.2, 0.25) is 0 Å². The zero-order valence-corrected chi connectivity index (χ0v) is 11.6. The summed E-state index contributed by atoms with van der Waals surface area (Å²) in [6.07, 6.45) is 2.07. The molecule has 0 atom stereocenters. The summed E-state index contributed by atoms with van der Waals surface area (Å²) in [6, 6.07) is 14.2. The van der Waals surface area contributed by atoms with Crippen LogP contribution in [0.4, 0.5) is 0 Å². The molecule has 0 saturated heterocycles. The number of thiol groups is 1. The van der Waals surface area contributed by atoms with E-state index in [1.165, 1.54) is 4.90 Å². The van der Waals surface area contributed by atoms with Crippen molar-refractivity contribution in [3.8, 4) is 11.4 Å². The second-order valence-corrected chi connectivity index (χ2v) is 5.35. The van der Waals surface area contributed by atoms with E-state index in [0.717, 1.165) is 27.3 Å². The van der Waals surface area contributed by atoms with Gasteiger partial charge in [0, 0.05) is 15.4 Å². The zero-order chi connectivity index (χ0) is 12.5. The molecule has 0 radical (unpaired) electrons. The predicted octanol–water partition coefficient (Wildman–Crippen LogP) is 4.24. The van der Waals surface area contributed by atoms with E-state index in [0.29, 0.717) is 0 Å². The summed E-state index contributed by atoms with van der Waals surface area (Å²) in [5.41, 5.74) is 3.08. The summed E-state index contributed by atoms with van der Waals surface area (Å²) in [7, 11) is 0. The summed E-state index contributed by atoms with van der Waals surface area (Å²) in [6.45, 7) is 0. The Balaban J connectivity index is 2.17. The highest BCUT2D eigenvalue weighted by Gasteiger charge is 2.07. The lowest BCUT2D eigenvalue weighted by molar-refractivity contribution is 1.29. The Kier molecular flexibility index (Phi) is 3.06. The molecule has 1 heterocycles. The molecule has 0 aliphatic heterocycles. The normalized spacial score (nSPS) is 11.0. The fourth-order valence-electron chi connectivity index (χ4n) is 1.92. The van der Waals surface area contributed by atoms with Gasteiger partial charge in [-0.2, -0.15) is 0 Å². The van der Waals surface area contributed by atoms with Gasteiger partial charge in [-0.25, -0.2) is 4.98 Å². The molecule has 0 fully saturated rings. The van der Waals surface area contributed by atoms with Gasteiger partial charge in [-0.1, -0.05) is 18.2 Å². The van der Waals surface area contributed by atoms with Gasteiger partial charge in [0.2, 0.25) is 0 Å². The van der Waals surface area contributed by atoms with E-state index in [2.05, 4.69) is 41.0 Å². The SMILES string of the molecule is CSc1ccc2nc(-c3ccccc3S)[nH]c2c1. The molecule has 3 aromatic rings. The molecule has 18 heavy (non-hydrogen) atoms. The first-order valence-corrected chi connectivity index (χ1v) is 7.27. The first-order chi connectivity index (χ1) is 8.78. The topological polar surface area (TPSA) is 28.7 Å². The minimum atomic E-state index is 0.869. The third-order valence-corrected chi connectivity index (χ3v) is 3.96.